The monoisotopic (exact) mass is 1470 g/mol. The highest BCUT2D eigenvalue weighted by molar-refractivity contribution is 7.00. The Kier molecular flexibility index (Phi) is 16.3. The van der Waals surface area contributed by atoms with Crippen LogP contribution < -0.4 is 36.0 Å². The number of nitrogens with zero attached hydrogens (tertiary/aromatic N) is 4. The molecule has 0 amide bonds. The molecule has 15 aromatic carbocycles. The van der Waals surface area contributed by atoms with E-state index in [9.17, 15) is 0 Å². The van der Waals surface area contributed by atoms with Crippen LogP contribution in [-0.4, -0.2) is 6.71 Å². The molecule has 0 saturated heterocycles. The Balaban J connectivity index is 0.773. The summed E-state index contributed by atoms with van der Waals surface area (Å²) in [6.07, 6.45) is 0.801. The van der Waals surface area contributed by atoms with Crippen molar-refractivity contribution in [1.29, 1.82) is 0 Å². The first-order valence-electron chi connectivity index (χ1n) is 40.4. The first-order chi connectivity index (χ1) is 55.2. The van der Waals surface area contributed by atoms with Gasteiger partial charge in [-0.2, -0.15) is 0 Å². The summed E-state index contributed by atoms with van der Waals surface area (Å²) in [5, 5.41) is 4.15. The van der Waals surface area contributed by atoms with Gasteiger partial charge in [0.25, 0.3) is 6.71 Å². The maximum absolute atomic E-state index is 7.70. The molecule has 2 aliphatic heterocycles. The van der Waals surface area contributed by atoms with E-state index in [4.69, 9.17) is 8.83 Å². The fraction of sp³-hybridized carbons (Fsp3) is 0.159. The number of hydrogen-bond donors (Lipinski definition) is 0. The van der Waals surface area contributed by atoms with Crippen molar-refractivity contribution in [2.24, 2.45) is 0 Å². The molecule has 0 bridgehead atoms. The minimum atomic E-state index is -0.947. The van der Waals surface area contributed by atoms with Crippen molar-refractivity contribution in [1.82, 2.24) is 0 Å². The van der Waals surface area contributed by atoms with E-state index in [0.717, 1.165) is 129 Å². The van der Waals surface area contributed by atoms with Gasteiger partial charge in [-0.15, -0.1) is 0 Å². The van der Waals surface area contributed by atoms with Crippen LogP contribution in [0.5, 0.6) is 0 Å². The van der Waals surface area contributed by atoms with E-state index in [1.807, 2.05) is 0 Å². The molecule has 0 atom stereocenters. The highest BCUT2D eigenvalue weighted by Gasteiger charge is 2.51. The minimum absolute atomic E-state index is 0.0568. The van der Waals surface area contributed by atoms with Crippen LogP contribution in [0.1, 0.15) is 126 Å². The van der Waals surface area contributed by atoms with E-state index in [1.54, 1.807) is 0 Å². The number of benzene rings is 15. The lowest BCUT2D eigenvalue weighted by Gasteiger charge is -2.44. The van der Waals surface area contributed by atoms with Gasteiger partial charge in [0.1, 0.15) is 16.7 Å². The maximum Gasteiger partial charge on any atom is 0.252 e. The molecule has 1 aliphatic carbocycles. The van der Waals surface area contributed by atoms with E-state index in [2.05, 4.69) is 435 Å². The van der Waals surface area contributed by atoms with Crippen LogP contribution in [0, 0.1) is 0 Å². The second-order valence-electron chi connectivity index (χ2n) is 35.3. The zero-order valence-corrected chi connectivity index (χ0v) is 66.7. The molecule has 0 unspecified atom stereocenters. The van der Waals surface area contributed by atoms with E-state index in [1.165, 1.54) is 67.0 Å². The lowest BCUT2D eigenvalue weighted by Crippen LogP contribution is -2.61. The smallest absolute Gasteiger partial charge is 0.252 e. The minimum Gasteiger partial charge on any atom is -0.455 e. The standard InChI is InChI=1S/C107H91BN4O2/c1-103(2,3)70-49-57-77(58-50-70)109(78-59-51-71(52-60-78)104(4,5)6)92-66-85-99(102-96(92)82-39-21-27-47-94(82)114-102)98-84(107(85,74-32-15-12-16-33-74)75-34-17-13-18-35-75)67-93(101-97(98)83-40-22-28-48-95(83)113-101)110(79-61-53-72(54-62-79)105(7,8)9)80-63-55-73(56-64-80)106(10,11)68-69-31-29-38-81(65-69)112-89-44-26-24-42-87(89)108-86-41-23-25-43-88(86)111(76-36-19-14-20-37-76)90-45-30-46-91(112)100(90)108/h12-67H,68H2,1-11H3. The zero-order valence-electron chi connectivity index (χ0n) is 66.7. The van der Waals surface area contributed by atoms with Gasteiger partial charge < -0.3 is 28.4 Å². The second kappa shape index (κ2) is 26.4. The van der Waals surface area contributed by atoms with Gasteiger partial charge in [-0.05, 0) is 216 Å². The van der Waals surface area contributed by atoms with Gasteiger partial charge in [-0.3, -0.25) is 0 Å². The first kappa shape index (κ1) is 70.3. The molecule has 554 valence electrons. The lowest BCUT2D eigenvalue weighted by molar-refractivity contribution is 0.522. The van der Waals surface area contributed by atoms with Crippen LogP contribution in [0.25, 0.3) is 55.0 Å². The van der Waals surface area contributed by atoms with Crippen molar-refractivity contribution in [2.45, 2.75) is 110 Å². The van der Waals surface area contributed by atoms with E-state index in [0.29, 0.717) is 0 Å². The van der Waals surface area contributed by atoms with E-state index in [-0.39, 0.29) is 28.4 Å². The molecular formula is C107H91BN4O2. The highest BCUT2D eigenvalue weighted by atomic mass is 16.3. The Morgan fingerprint density at radius 3 is 1.22 bits per heavy atom. The average molecular weight is 1480 g/mol. The SMILES string of the molecule is CC(C)(C)c1ccc(N(c2ccc(C(C)(C)Cc3cccc(N4c5ccccc5B5c6ccccc6N(c6ccccc6)c6cccc4c65)c3)cc2)c2cc3c(c4c2oc2ccccc24)-c2c(cc(N(c4ccc(C(C)(C)C)cc4)c4ccc(C(C)(C)C)cc4)c4c2oc2ccccc24)C3(c2ccccc2)c2ccccc2)cc1. The molecule has 0 N–H and O–H groups in total. The fourth-order valence-corrected chi connectivity index (χ4v) is 19.1. The Bertz CT molecular complexity index is 6500. The number of anilines is 12. The van der Waals surface area contributed by atoms with Crippen molar-refractivity contribution in [3.05, 3.63) is 390 Å². The van der Waals surface area contributed by atoms with Crippen LogP contribution in [0.2, 0.25) is 0 Å². The van der Waals surface area contributed by atoms with Crippen LogP contribution in [0.3, 0.4) is 0 Å². The number of fused-ring (bicyclic) bond motifs is 15. The van der Waals surface area contributed by atoms with Crippen molar-refractivity contribution in [3.8, 4) is 11.1 Å². The molecule has 0 fully saturated rings. The zero-order chi connectivity index (χ0) is 77.7. The predicted molar refractivity (Wildman–Crippen MR) is 481 cm³/mol. The second-order valence-corrected chi connectivity index (χ2v) is 35.3. The van der Waals surface area contributed by atoms with Gasteiger partial charge in [0.15, 0.2) is 5.58 Å². The molecule has 114 heavy (non-hydrogen) atoms. The molecule has 4 heterocycles. The first-order valence-corrected chi connectivity index (χ1v) is 40.4. The Labute approximate surface area is 669 Å². The molecule has 17 aromatic rings. The maximum atomic E-state index is 7.70. The highest BCUT2D eigenvalue weighted by Crippen LogP contribution is 2.65. The van der Waals surface area contributed by atoms with Gasteiger partial charge in [0, 0.05) is 84.2 Å². The number of para-hydroxylation sites is 5. The van der Waals surface area contributed by atoms with E-state index < -0.39 is 5.41 Å². The molecule has 2 aromatic heterocycles. The summed E-state index contributed by atoms with van der Waals surface area (Å²) in [6, 6.07) is 127. The third-order valence-corrected chi connectivity index (χ3v) is 24.7. The fourth-order valence-electron chi connectivity index (χ4n) is 19.1. The van der Waals surface area contributed by atoms with Gasteiger partial charge in [-0.1, -0.05) is 295 Å². The van der Waals surface area contributed by atoms with Crippen molar-refractivity contribution < 1.29 is 8.83 Å². The summed E-state index contributed by atoms with van der Waals surface area (Å²) in [6.45, 7) is 25.5. The molecule has 20 rings (SSSR count). The van der Waals surface area contributed by atoms with Crippen LogP contribution >= 0.6 is 0 Å². The molecular weight excluding hydrogens is 1380 g/mol. The summed E-state index contributed by atoms with van der Waals surface area (Å²) in [5.41, 5.74) is 31.9. The summed E-state index contributed by atoms with van der Waals surface area (Å²) >= 11 is 0. The molecule has 0 spiro atoms. The summed E-state index contributed by atoms with van der Waals surface area (Å²) in [7, 11) is 0. The average Bonchev–Trinajstić information content (AvgIpc) is 1.49. The quantitative estimate of drug-likeness (QED) is 0.107. The van der Waals surface area contributed by atoms with Crippen LogP contribution in [-0.2, 0) is 33.5 Å². The van der Waals surface area contributed by atoms with Gasteiger partial charge in [0.2, 0.25) is 0 Å². The Hall–Kier alpha value is -12.8. The summed E-state index contributed by atoms with van der Waals surface area (Å²) < 4.78 is 15.3. The van der Waals surface area contributed by atoms with Crippen LogP contribution in [0.4, 0.5) is 68.2 Å². The van der Waals surface area contributed by atoms with Crippen LogP contribution in [0.15, 0.2) is 349 Å². The molecule has 0 saturated carbocycles. The third-order valence-electron chi connectivity index (χ3n) is 24.7. The van der Waals surface area contributed by atoms with Crippen molar-refractivity contribution in [3.63, 3.8) is 0 Å². The molecule has 6 nitrogen and oxygen atoms in total. The number of hydrogen-bond acceptors (Lipinski definition) is 6. The van der Waals surface area contributed by atoms with Gasteiger partial charge >= 0.3 is 0 Å². The normalized spacial score (nSPS) is 13.6. The molecule has 7 heteroatoms. The topological polar surface area (TPSA) is 39.2 Å². The third kappa shape index (κ3) is 11.2. The van der Waals surface area contributed by atoms with Gasteiger partial charge in [0.05, 0.1) is 22.2 Å². The predicted octanol–water partition coefficient (Wildman–Crippen LogP) is 27.3. The Morgan fingerprint density at radius 1 is 0.325 bits per heavy atom. The number of furan rings is 2. The number of rotatable bonds is 13. The largest absolute Gasteiger partial charge is 0.455 e. The van der Waals surface area contributed by atoms with E-state index >= 15 is 0 Å². The molecule has 3 aliphatic rings. The molecule has 0 radical (unpaired) electrons. The summed E-state index contributed by atoms with van der Waals surface area (Å²) in [4.78, 5) is 9.93. The van der Waals surface area contributed by atoms with Gasteiger partial charge in [-0.25, -0.2) is 0 Å². The van der Waals surface area contributed by atoms with Crippen molar-refractivity contribution >= 4 is 135 Å². The summed E-state index contributed by atoms with van der Waals surface area (Å²) in [5.74, 6) is 0. The van der Waals surface area contributed by atoms with Crippen molar-refractivity contribution in [2.75, 3.05) is 19.6 Å². The Morgan fingerprint density at radius 2 is 0.711 bits per heavy atom. The lowest BCUT2D eigenvalue weighted by atomic mass is 9.33.